The zero-order valence-electron chi connectivity index (χ0n) is 10.0. The summed E-state index contributed by atoms with van der Waals surface area (Å²) in [4.78, 5) is 8.41. The first kappa shape index (κ1) is 11.7. The summed E-state index contributed by atoms with van der Waals surface area (Å²) >= 11 is 0. The summed E-state index contributed by atoms with van der Waals surface area (Å²) in [7, 11) is 0. The molecule has 0 saturated heterocycles. The number of aromatic nitrogens is 2. The van der Waals surface area contributed by atoms with Gasteiger partial charge in [-0.2, -0.15) is 0 Å². The second-order valence-electron chi connectivity index (χ2n) is 4.48. The van der Waals surface area contributed by atoms with E-state index in [4.69, 9.17) is 5.73 Å². The van der Waals surface area contributed by atoms with Crippen molar-refractivity contribution < 1.29 is 0 Å². The summed E-state index contributed by atoms with van der Waals surface area (Å²) in [5, 5.41) is 0. The van der Waals surface area contributed by atoms with Crippen molar-refractivity contribution in [1.82, 2.24) is 9.97 Å². The lowest BCUT2D eigenvalue weighted by Gasteiger charge is -2.24. The Morgan fingerprint density at radius 1 is 1.18 bits per heavy atom. The monoisotopic (exact) mass is 227 g/mol. The summed E-state index contributed by atoms with van der Waals surface area (Å²) in [6, 6.07) is 9.89. The number of hydrogen-bond acceptors (Lipinski definition) is 3. The molecule has 3 nitrogen and oxygen atoms in total. The maximum absolute atomic E-state index is 6.32. The van der Waals surface area contributed by atoms with E-state index >= 15 is 0 Å². The number of aryl methyl sites for hydroxylation is 1. The van der Waals surface area contributed by atoms with Crippen LogP contribution in [0.2, 0.25) is 0 Å². The van der Waals surface area contributed by atoms with Gasteiger partial charge in [-0.1, -0.05) is 12.1 Å². The van der Waals surface area contributed by atoms with Crippen LogP contribution in [0, 0.1) is 0 Å². The van der Waals surface area contributed by atoms with E-state index in [1.807, 2.05) is 49.6 Å². The minimum absolute atomic E-state index is 0.355. The van der Waals surface area contributed by atoms with Gasteiger partial charge in [0.1, 0.15) is 0 Å². The molecule has 1 unspecified atom stereocenters. The fraction of sp³-hybridized carbons (Fsp3) is 0.286. The van der Waals surface area contributed by atoms with E-state index in [1.165, 1.54) is 0 Å². The van der Waals surface area contributed by atoms with Crippen LogP contribution in [-0.4, -0.2) is 9.97 Å². The van der Waals surface area contributed by atoms with Crippen LogP contribution in [-0.2, 0) is 12.0 Å². The molecule has 0 aromatic carbocycles. The molecule has 0 aliphatic heterocycles. The van der Waals surface area contributed by atoms with Crippen molar-refractivity contribution in [3.8, 4) is 0 Å². The fourth-order valence-electron chi connectivity index (χ4n) is 1.78. The van der Waals surface area contributed by atoms with Gasteiger partial charge in [-0.25, -0.2) is 0 Å². The van der Waals surface area contributed by atoms with Crippen molar-refractivity contribution in [2.45, 2.75) is 25.3 Å². The van der Waals surface area contributed by atoms with Crippen molar-refractivity contribution in [3.05, 3.63) is 60.2 Å². The predicted octanol–water partition coefficient (Wildman–Crippen LogP) is 2.28. The Balaban J connectivity index is 2.03. The SMILES string of the molecule is CC(N)(CCc1ccccn1)c1cccnc1. The molecule has 2 aromatic heterocycles. The third-order valence-corrected chi connectivity index (χ3v) is 2.95. The van der Waals surface area contributed by atoms with Gasteiger partial charge in [-0.15, -0.1) is 0 Å². The largest absolute Gasteiger partial charge is 0.322 e. The maximum Gasteiger partial charge on any atom is 0.0404 e. The first-order valence-corrected chi connectivity index (χ1v) is 5.78. The second kappa shape index (κ2) is 5.06. The molecule has 0 radical (unpaired) electrons. The third-order valence-electron chi connectivity index (χ3n) is 2.95. The number of nitrogens with two attached hydrogens (primary N) is 1. The second-order valence-corrected chi connectivity index (χ2v) is 4.48. The van der Waals surface area contributed by atoms with E-state index in [1.54, 1.807) is 6.20 Å². The van der Waals surface area contributed by atoms with Gasteiger partial charge in [0, 0.05) is 29.8 Å². The van der Waals surface area contributed by atoms with Gasteiger partial charge >= 0.3 is 0 Å². The van der Waals surface area contributed by atoms with E-state index in [0.29, 0.717) is 0 Å². The van der Waals surface area contributed by atoms with Crippen molar-refractivity contribution in [2.75, 3.05) is 0 Å². The number of hydrogen-bond donors (Lipinski definition) is 1. The molecule has 2 heterocycles. The number of rotatable bonds is 4. The molecule has 2 aromatic rings. The third kappa shape index (κ3) is 3.11. The predicted molar refractivity (Wildman–Crippen MR) is 68.3 cm³/mol. The summed E-state index contributed by atoms with van der Waals surface area (Å²) in [5.41, 5.74) is 8.11. The average Bonchev–Trinajstić information content (AvgIpc) is 2.39. The molecule has 17 heavy (non-hydrogen) atoms. The van der Waals surface area contributed by atoms with E-state index in [0.717, 1.165) is 24.1 Å². The zero-order chi connectivity index (χ0) is 12.1. The zero-order valence-corrected chi connectivity index (χ0v) is 10.0. The van der Waals surface area contributed by atoms with Crippen LogP contribution in [0.15, 0.2) is 48.9 Å². The van der Waals surface area contributed by atoms with Gasteiger partial charge < -0.3 is 5.73 Å². The van der Waals surface area contributed by atoms with Crippen molar-refractivity contribution >= 4 is 0 Å². The molecular weight excluding hydrogens is 210 g/mol. The first-order valence-electron chi connectivity index (χ1n) is 5.78. The highest BCUT2D eigenvalue weighted by atomic mass is 14.7. The van der Waals surface area contributed by atoms with Crippen LogP contribution in [0.1, 0.15) is 24.6 Å². The van der Waals surface area contributed by atoms with Crippen LogP contribution >= 0.6 is 0 Å². The molecule has 0 saturated carbocycles. The molecule has 0 aliphatic carbocycles. The van der Waals surface area contributed by atoms with Gasteiger partial charge in [0.15, 0.2) is 0 Å². The van der Waals surface area contributed by atoms with Crippen LogP contribution in [0.5, 0.6) is 0 Å². The number of nitrogens with zero attached hydrogens (tertiary/aromatic N) is 2. The number of pyridine rings is 2. The van der Waals surface area contributed by atoms with E-state index in [-0.39, 0.29) is 5.54 Å². The lowest BCUT2D eigenvalue weighted by Crippen LogP contribution is -2.33. The van der Waals surface area contributed by atoms with Gasteiger partial charge in [-0.3, -0.25) is 9.97 Å². The quantitative estimate of drug-likeness (QED) is 0.871. The highest BCUT2D eigenvalue weighted by Crippen LogP contribution is 2.22. The Kier molecular flexibility index (Phi) is 3.49. The molecule has 0 amide bonds. The minimum atomic E-state index is -0.355. The van der Waals surface area contributed by atoms with E-state index < -0.39 is 0 Å². The van der Waals surface area contributed by atoms with Crippen molar-refractivity contribution in [3.63, 3.8) is 0 Å². The van der Waals surface area contributed by atoms with Gasteiger partial charge in [0.25, 0.3) is 0 Å². The Morgan fingerprint density at radius 3 is 2.71 bits per heavy atom. The van der Waals surface area contributed by atoms with Crippen LogP contribution < -0.4 is 5.73 Å². The smallest absolute Gasteiger partial charge is 0.0404 e. The van der Waals surface area contributed by atoms with Gasteiger partial charge in [0.2, 0.25) is 0 Å². The fourth-order valence-corrected chi connectivity index (χ4v) is 1.78. The Bertz CT molecular complexity index is 451. The van der Waals surface area contributed by atoms with E-state index in [2.05, 4.69) is 9.97 Å². The van der Waals surface area contributed by atoms with E-state index in [9.17, 15) is 0 Å². The van der Waals surface area contributed by atoms with Crippen molar-refractivity contribution in [1.29, 1.82) is 0 Å². The minimum Gasteiger partial charge on any atom is -0.322 e. The standard InChI is InChI=1S/C14H17N3/c1-14(15,12-5-4-9-16-11-12)8-7-13-6-2-3-10-17-13/h2-6,9-11H,7-8,15H2,1H3. The van der Waals surface area contributed by atoms with Crippen LogP contribution in [0.3, 0.4) is 0 Å². The summed E-state index contributed by atoms with van der Waals surface area (Å²) in [6.07, 6.45) is 7.14. The van der Waals surface area contributed by atoms with Gasteiger partial charge in [-0.05, 0) is 43.5 Å². The first-order chi connectivity index (χ1) is 8.18. The highest BCUT2D eigenvalue weighted by molar-refractivity contribution is 5.19. The Labute approximate surface area is 102 Å². The molecule has 2 rings (SSSR count). The maximum atomic E-state index is 6.32. The Morgan fingerprint density at radius 2 is 2.06 bits per heavy atom. The molecule has 2 N–H and O–H groups in total. The molecule has 0 fully saturated rings. The van der Waals surface area contributed by atoms with Crippen LogP contribution in [0.4, 0.5) is 0 Å². The molecule has 88 valence electrons. The lowest BCUT2D eigenvalue weighted by molar-refractivity contribution is 0.449. The molecule has 0 spiro atoms. The van der Waals surface area contributed by atoms with Crippen molar-refractivity contribution in [2.24, 2.45) is 5.73 Å². The summed E-state index contributed by atoms with van der Waals surface area (Å²) in [5.74, 6) is 0. The summed E-state index contributed by atoms with van der Waals surface area (Å²) in [6.45, 7) is 2.03. The molecule has 0 bridgehead atoms. The average molecular weight is 227 g/mol. The normalized spacial score (nSPS) is 14.2. The van der Waals surface area contributed by atoms with Crippen LogP contribution in [0.25, 0.3) is 0 Å². The lowest BCUT2D eigenvalue weighted by atomic mass is 9.89. The topological polar surface area (TPSA) is 51.8 Å². The Hall–Kier alpha value is -1.74. The molecule has 1 atom stereocenters. The molecular formula is C14H17N3. The summed E-state index contributed by atoms with van der Waals surface area (Å²) < 4.78 is 0. The van der Waals surface area contributed by atoms with Gasteiger partial charge in [0.05, 0.1) is 0 Å². The highest BCUT2D eigenvalue weighted by Gasteiger charge is 2.20. The molecule has 0 aliphatic rings. The molecule has 3 heteroatoms.